The molecule has 12 atom stereocenters. The van der Waals surface area contributed by atoms with Crippen LogP contribution in [0.2, 0.25) is 0 Å². The van der Waals surface area contributed by atoms with Crippen LogP contribution in [0.4, 0.5) is 0 Å². The third-order valence-corrected chi connectivity index (χ3v) is 12.5. The smallest absolute Gasteiger partial charge is 0.187 e. The molecule has 10 heteroatoms. The molecule has 4 aliphatic carbocycles. The first-order valence-electron chi connectivity index (χ1n) is 17.7. The van der Waals surface area contributed by atoms with Crippen molar-refractivity contribution in [2.24, 2.45) is 28.6 Å². The van der Waals surface area contributed by atoms with Gasteiger partial charge in [0.1, 0.15) is 44.5 Å². The number of hydrogen-bond donors (Lipinski definition) is 0. The third kappa shape index (κ3) is 6.66. The van der Waals surface area contributed by atoms with E-state index in [0.717, 1.165) is 51.4 Å². The number of ether oxygens (including phenoxy) is 9. The Morgan fingerprint density at radius 2 is 1.49 bits per heavy atom. The minimum absolute atomic E-state index is 0.0542. The first-order chi connectivity index (χ1) is 21.7. The summed E-state index contributed by atoms with van der Waals surface area (Å²) in [6.45, 7) is 14.8. The molecule has 0 bridgehead atoms. The third-order valence-electron chi connectivity index (χ3n) is 12.5. The number of Topliss-reactive ketones (excluding diaryl/α,β-unsaturated/α-hetero) is 1. The lowest BCUT2D eigenvalue weighted by Crippen LogP contribution is -2.64. The van der Waals surface area contributed by atoms with Crippen molar-refractivity contribution in [2.75, 3.05) is 47.3 Å². The second-order valence-corrected chi connectivity index (χ2v) is 14.4. The molecule has 0 amide bonds. The van der Waals surface area contributed by atoms with E-state index in [-0.39, 0.29) is 44.1 Å². The summed E-state index contributed by atoms with van der Waals surface area (Å²) in [4.78, 5) is 13.3. The summed E-state index contributed by atoms with van der Waals surface area (Å²) >= 11 is 0. The second-order valence-electron chi connectivity index (χ2n) is 14.4. The zero-order valence-corrected chi connectivity index (χ0v) is 28.9. The number of ketones is 1. The molecule has 5 aliphatic rings. The molecule has 0 N–H and O–H groups in total. The van der Waals surface area contributed by atoms with Crippen molar-refractivity contribution in [3.8, 4) is 0 Å². The van der Waals surface area contributed by atoms with Gasteiger partial charge in [-0.05, 0) is 109 Å². The lowest BCUT2D eigenvalue weighted by Gasteiger charge is -2.63. The molecule has 1 heterocycles. The van der Waals surface area contributed by atoms with E-state index in [1.54, 1.807) is 7.11 Å². The molecule has 0 spiro atoms. The van der Waals surface area contributed by atoms with Crippen LogP contribution in [-0.2, 0) is 47.4 Å². The Morgan fingerprint density at radius 3 is 2.18 bits per heavy atom. The van der Waals surface area contributed by atoms with Gasteiger partial charge in [0.25, 0.3) is 0 Å². The minimum atomic E-state index is -0.599. The van der Waals surface area contributed by atoms with E-state index in [0.29, 0.717) is 49.8 Å². The number of carbonyl (C=O) groups excluding carboxylic acids is 1. The summed E-state index contributed by atoms with van der Waals surface area (Å²) in [6.07, 6.45) is 6.54. The van der Waals surface area contributed by atoms with Gasteiger partial charge >= 0.3 is 0 Å². The van der Waals surface area contributed by atoms with Gasteiger partial charge in [0.2, 0.25) is 0 Å². The molecule has 5 fully saturated rings. The van der Waals surface area contributed by atoms with E-state index >= 15 is 0 Å². The molecule has 1 aliphatic heterocycles. The Balaban J connectivity index is 1.29. The summed E-state index contributed by atoms with van der Waals surface area (Å²) in [5, 5.41) is 0. The second kappa shape index (κ2) is 15.2. The zero-order chi connectivity index (χ0) is 32.2. The van der Waals surface area contributed by atoms with Crippen LogP contribution < -0.4 is 0 Å². The number of carbonyl (C=O) groups is 1. The standard InChI is InChI=1S/C35H60O10/c1-8-38-20-41-29-23(4)44-32(31(30(29)37-7)42-21-39-9-2)45-25-13-16-33(5)24(19-25)11-12-27-26(33)14-17-34(6)28(36)15-18-35(27,34)43-22-40-10-3/h23-27,29-32H,8-22H2,1-7H3/t23-,24+,25-,26-,27+,29-,30+,31-,32-,33-,34+,35-/m0/s1. The molecule has 0 aromatic heterocycles. The largest absolute Gasteiger partial charge is 0.376 e. The van der Waals surface area contributed by atoms with Gasteiger partial charge in [-0.25, -0.2) is 0 Å². The van der Waals surface area contributed by atoms with Crippen molar-refractivity contribution < 1.29 is 47.4 Å². The highest BCUT2D eigenvalue weighted by Gasteiger charge is 2.69. The zero-order valence-electron chi connectivity index (χ0n) is 28.9. The molecular weight excluding hydrogens is 580 g/mol. The summed E-state index contributed by atoms with van der Waals surface area (Å²) in [5.41, 5.74) is -0.657. The van der Waals surface area contributed by atoms with Crippen LogP contribution in [0.5, 0.6) is 0 Å². The van der Waals surface area contributed by atoms with Crippen molar-refractivity contribution in [3.05, 3.63) is 0 Å². The van der Waals surface area contributed by atoms with Crippen LogP contribution in [0.1, 0.15) is 99.3 Å². The van der Waals surface area contributed by atoms with Gasteiger partial charge in [-0.3, -0.25) is 4.79 Å². The van der Waals surface area contributed by atoms with E-state index in [9.17, 15) is 4.79 Å². The summed E-state index contributed by atoms with van der Waals surface area (Å²) in [5.74, 6) is 1.81. The lowest BCUT2D eigenvalue weighted by molar-refractivity contribution is -0.339. The fourth-order valence-corrected chi connectivity index (χ4v) is 9.98. The Bertz CT molecular complexity index is 965. The van der Waals surface area contributed by atoms with Crippen molar-refractivity contribution in [3.63, 3.8) is 0 Å². The maximum absolute atomic E-state index is 13.3. The average molecular weight is 641 g/mol. The molecule has 0 unspecified atom stereocenters. The first-order valence-corrected chi connectivity index (χ1v) is 17.7. The van der Waals surface area contributed by atoms with E-state index in [1.807, 2.05) is 27.7 Å². The Labute approximate surface area is 270 Å². The van der Waals surface area contributed by atoms with E-state index < -0.39 is 29.5 Å². The van der Waals surface area contributed by atoms with Gasteiger partial charge in [-0.1, -0.05) is 6.92 Å². The summed E-state index contributed by atoms with van der Waals surface area (Å²) in [6, 6.07) is 0. The SMILES string of the molecule is CCOCO[C@@H]1[C@H](O[C@H]2CC[C@@]3(C)[C@H](CC[C@@H]4[C@@H]3CC[C@]3(C)C(=O)CC[C@]43OCOCC)C2)O[C@@H](C)[C@H](OCOCC)[C@H]1OC. The number of fused-ring (bicyclic) bond motifs is 5. The van der Waals surface area contributed by atoms with Crippen LogP contribution in [0.3, 0.4) is 0 Å². The van der Waals surface area contributed by atoms with Gasteiger partial charge in [-0.2, -0.15) is 0 Å². The van der Waals surface area contributed by atoms with E-state index in [1.165, 1.54) is 0 Å². The minimum Gasteiger partial charge on any atom is -0.376 e. The van der Waals surface area contributed by atoms with Gasteiger partial charge in [0.15, 0.2) is 6.29 Å². The highest BCUT2D eigenvalue weighted by atomic mass is 16.8. The number of methoxy groups -OCH3 is 1. The van der Waals surface area contributed by atoms with Crippen LogP contribution in [-0.4, -0.2) is 95.5 Å². The van der Waals surface area contributed by atoms with E-state index in [4.69, 9.17) is 42.6 Å². The first kappa shape index (κ1) is 35.6. The molecular formula is C35H60O10. The summed E-state index contributed by atoms with van der Waals surface area (Å²) < 4.78 is 54.9. The maximum atomic E-state index is 13.3. The van der Waals surface area contributed by atoms with Crippen molar-refractivity contribution in [2.45, 2.75) is 142 Å². The normalized spacial score (nSPS) is 44.8. The van der Waals surface area contributed by atoms with Gasteiger partial charge in [0.05, 0.1) is 23.2 Å². The Kier molecular flexibility index (Phi) is 12.1. The molecule has 260 valence electrons. The van der Waals surface area contributed by atoms with Crippen molar-refractivity contribution in [1.29, 1.82) is 0 Å². The predicted octanol–water partition coefficient (Wildman–Crippen LogP) is 5.63. The van der Waals surface area contributed by atoms with Crippen LogP contribution in [0, 0.1) is 28.6 Å². The monoisotopic (exact) mass is 640 g/mol. The summed E-state index contributed by atoms with van der Waals surface area (Å²) in [7, 11) is 1.68. The molecule has 1 saturated heterocycles. The molecule has 45 heavy (non-hydrogen) atoms. The van der Waals surface area contributed by atoms with Crippen molar-refractivity contribution >= 4 is 5.78 Å². The Morgan fingerprint density at radius 1 is 0.800 bits per heavy atom. The van der Waals surface area contributed by atoms with Gasteiger partial charge in [-0.15, -0.1) is 0 Å². The predicted molar refractivity (Wildman–Crippen MR) is 166 cm³/mol. The van der Waals surface area contributed by atoms with Crippen LogP contribution >= 0.6 is 0 Å². The molecule has 4 saturated carbocycles. The van der Waals surface area contributed by atoms with Crippen LogP contribution in [0.25, 0.3) is 0 Å². The highest BCUT2D eigenvalue weighted by molar-refractivity contribution is 5.88. The lowest BCUT2D eigenvalue weighted by atomic mass is 9.44. The molecule has 0 radical (unpaired) electrons. The van der Waals surface area contributed by atoms with Gasteiger partial charge < -0.3 is 42.6 Å². The number of hydrogen-bond acceptors (Lipinski definition) is 10. The number of rotatable bonds is 15. The van der Waals surface area contributed by atoms with E-state index in [2.05, 4.69) is 13.8 Å². The highest BCUT2D eigenvalue weighted by Crippen LogP contribution is 2.68. The molecule has 0 aromatic carbocycles. The molecule has 5 rings (SSSR count). The molecule has 0 aromatic rings. The topological polar surface area (TPSA) is 100 Å². The fraction of sp³-hybridized carbons (Fsp3) is 0.971. The fourth-order valence-electron chi connectivity index (χ4n) is 9.98. The van der Waals surface area contributed by atoms with Gasteiger partial charge in [0, 0.05) is 33.4 Å². The quantitative estimate of drug-likeness (QED) is 0.127. The maximum Gasteiger partial charge on any atom is 0.187 e. The molecule has 10 nitrogen and oxygen atoms in total. The van der Waals surface area contributed by atoms with Crippen molar-refractivity contribution in [1.82, 2.24) is 0 Å². The Hall–Kier alpha value is -0.690. The average Bonchev–Trinajstić information content (AvgIpc) is 3.29. The van der Waals surface area contributed by atoms with Crippen LogP contribution in [0.15, 0.2) is 0 Å².